The van der Waals surface area contributed by atoms with Crippen LogP contribution < -0.4 is 4.72 Å². The Labute approximate surface area is 153 Å². The highest BCUT2D eigenvalue weighted by molar-refractivity contribution is 7.89. The fourth-order valence-corrected chi connectivity index (χ4v) is 4.93. The molecule has 1 N–H and O–H groups in total. The summed E-state index contributed by atoms with van der Waals surface area (Å²) >= 11 is 0. The first-order chi connectivity index (χ1) is 12.3. The minimum atomic E-state index is -3.68. The number of aromatic nitrogens is 1. The Bertz CT molecular complexity index is 893. The van der Waals surface area contributed by atoms with E-state index in [9.17, 15) is 13.2 Å². The van der Waals surface area contributed by atoms with Crippen LogP contribution >= 0.6 is 0 Å². The van der Waals surface area contributed by atoms with Gasteiger partial charge in [-0.15, -0.1) is 0 Å². The molecule has 0 radical (unpaired) electrons. The van der Waals surface area contributed by atoms with Crippen LogP contribution in [-0.2, 0) is 10.0 Å². The van der Waals surface area contributed by atoms with Crippen LogP contribution in [0.4, 0.5) is 0 Å². The lowest BCUT2D eigenvalue weighted by Crippen LogP contribution is -2.46. The van der Waals surface area contributed by atoms with Gasteiger partial charge in [0.2, 0.25) is 10.0 Å². The maximum absolute atomic E-state index is 12.6. The van der Waals surface area contributed by atoms with Crippen molar-refractivity contribution in [1.82, 2.24) is 14.8 Å². The van der Waals surface area contributed by atoms with Crippen LogP contribution in [0, 0.1) is 20.8 Å². The zero-order valence-corrected chi connectivity index (χ0v) is 16.0. The van der Waals surface area contributed by atoms with Crippen molar-refractivity contribution in [3.63, 3.8) is 0 Å². The standard InChI is InChI=1S/C18H23N3O4S/c1-12-5-4-6-15(11-12)18(22)21-9-7-16(8-10-21)20-26(23,24)17-13(2)19-25-14(17)3/h4-6,11,16,20H,7-10H2,1-3H3. The molecule has 1 aromatic carbocycles. The van der Waals surface area contributed by atoms with Gasteiger partial charge in [0.25, 0.3) is 5.91 Å². The average molecular weight is 377 g/mol. The van der Waals surface area contributed by atoms with Crippen molar-refractivity contribution in [3.8, 4) is 0 Å². The number of piperidine rings is 1. The molecule has 1 saturated heterocycles. The molecule has 8 heteroatoms. The summed E-state index contributed by atoms with van der Waals surface area (Å²) < 4.78 is 32.8. The number of nitrogens with one attached hydrogen (secondary N) is 1. The number of aryl methyl sites for hydroxylation is 3. The number of nitrogens with zero attached hydrogens (tertiary/aromatic N) is 2. The first-order valence-electron chi connectivity index (χ1n) is 8.59. The van der Waals surface area contributed by atoms with E-state index in [1.165, 1.54) is 0 Å². The third kappa shape index (κ3) is 3.81. The maximum Gasteiger partial charge on any atom is 0.253 e. The Morgan fingerprint density at radius 3 is 2.50 bits per heavy atom. The Balaban J connectivity index is 1.63. The predicted molar refractivity (Wildman–Crippen MR) is 96.4 cm³/mol. The molecule has 3 rings (SSSR count). The second kappa shape index (κ2) is 7.20. The van der Waals surface area contributed by atoms with Gasteiger partial charge < -0.3 is 9.42 Å². The molecule has 1 aliphatic rings. The third-order valence-electron chi connectivity index (χ3n) is 4.61. The van der Waals surface area contributed by atoms with Crippen LogP contribution in [-0.4, -0.2) is 43.5 Å². The second-order valence-electron chi connectivity index (χ2n) is 6.71. The van der Waals surface area contributed by atoms with Gasteiger partial charge in [0.15, 0.2) is 5.76 Å². The van der Waals surface area contributed by atoms with Crippen molar-refractivity contribution >= 4 is 15.9 Å². The first kappa shape index (κ1) is 18.6. The number of sulfonamides is 1. The SMILES string of the molecule is Cc1cccc(C(=O)N2CCC(NS(=O)(=O)c3c(C)noc3C)CC2)c1. The number of carbonyl (C=O) groups is 1. The van der Waals surface area contributed by atoms with Gasteiger partial charge >= 0.3 is 0 Å². The van der Waals surface area contributed by atoms with Crippen LogP contribution in [0.3, 0.4) is 0 Å². The number of amides is 1. The Morgan fingerprint density at radius 1 is 1.23 bits per heavy atom. The van der Waals surface area contributed by atoms with E-state index >= 15 is 0 Å². The summed E-state index contributed by atoms with van der Waals surface area (Å²) in [4.78, 5) is 14.5. The number of hydrogen-bond donors (Lipinski definition) is 1. The smallest absolute Gasteiger partial charge is 0.253 e. The monoisotopic (exact) mass is 377 g/mol. The fourth-order valence-electron chi connectivity index (χ4n) is 3.30. The van der Waals surface area contributed by atoms with E-state index < -0.39 is 10.0 Å². The van der Waals surface area contributed by atoms with Crippen LogP contribution in [0.25, 0.3) is 0 Å². The van der Waals surface area contributed by atoms with Gasteiger partial charge in [-0.05, 0) is 45.7 Å². The van der Waals surface area contributed by atoms with Crippen LogP contribution in [0.15, 0.2) is 33.7 Å². The normalized spacial score (nSPS) is 16.0. The summed E-state index contributed by atoms with van der Waals surface area (Å²) in [6, 6.07) is 7.28. The van der Waals surface area contributed by atoms with Gasteiger partial charge in [-0.25, -0.2) is 13.1 Å². The van der Waals surface area contributed by atoms with Crippen LogP contribution in [0.5, 0.6) is 0 Å². The van der Waals surface area contributed by atoms with Crippen LogP contribution in [0.1, 0.15) is 40.2 Å². The van der Waals surface area contributed by atoms with Gasteiger partial charge in [-0.2, -0.15) is 0 Å². The van der Waals surface area contributed by atoms with E-state index in [1.807, 2.05) is 31.2 Å². The van der Waals surface area contributed by atoms with Gasteiger partial charge in [0.05, 0.1) is 0 Å². The summed E-state index contributed by atoms with van der Waals surface area (Å²) in [6.07, 6.45) is 1.14. The highest BCUT2D eigenvalue weighted by Gasteiger charge is 2.30. The van der Waals surface area contributed by atoms with E-state index in [1.54, 1.807) is 18.7 Å². The molecule has 0 unspecified atom stereocenters. The molecule has 0 spiro atoms. The number of benzene rings is 1. The zero-order valence-electron chi connectivity index (χ0n) is 15.2. The average Bonchev–Trinajstić information content (AvgIpc) is 2.94. The maximum atomic E-state index is 12.6. The van der Waals surface area contributed by atoms with Gasteiger partial charge in [-0.1, -0.05) is 22.9 Å². The summed E-state index contributed by atoms with van der Waals surface area (Å²) in [7, 11) is -3.68. The predicted octanol–water partition coefficient (Wildman–Crippen LogP) is 2.18. The summed E-state index contributed by atoms with van der Waals surface area (Å²) in [5.41, 5.74) is 2.06. The Hall–Kier alpha value is -2.19. The molecule has 7 nitrogen and oxygen atoms in total. The summed E-state index contributed by atoms with van der Waals surface area (Å²) in [5, 5.41) is 3.70. The fraction of sp³-hybridized carbons (Fsp3) is 0.444. The molecule has 0 aliphatic carbocycles. The van der Waals surface area contributed by atoms with Crippen LogP contribution in [0.2, 0.25) is 0 Å². The minimum Gasteiger partial charge on any atom is -0.360 e. The van der Waals surface area contributed by atoms with E-state index in [2.05, 4.69) is 9.88 Å². The van der Waals surface area contributed by atoms with E-state index in [-0.39, 0.29) is 22.6 Å². The Morgan fingerprint density at radius 2 is 1.92 bits per heavy atom. The molecule has 140 valence electrons. The molecular weight excluding hydrogens is 354 g/mol. The molecule has 2 heterocycles. The lowest BCUT2D eigenvalue weighted by atomic mass is 10.0. The molecule has 1 aromatic heterocycles. The first-order valence-corrected chi connectivity index (χ1v) is 10.1. The third-order valence-corrected chi connectivity index (χ3v) is 6.37. The van der Waals surface area contributed by atoms with Gasteiger partial charge in [0, 0.05) is 24.7 Å². The highest BCUT2D eigenvalue weighted by Crippen LogP contribution is 2.21. The van der Waals surface area contributed by atoms with Crippen molar-refractivity contribution in [1.29, 1.82) is 0 Å². The van der Waals surface area contributed by atoms with Crippen molar-refractivity contribution in [2.75, 3.05) is 13.1 Å². The molecule has 1 fully saturated rings. The van der Waals surface area contributed by atoms with E-state index in [4.69, 9.17) is 4.52 Å². The number of carbonyl (C=O) groups excluding carboxylic acids is 1. The lowest BCUT2D eigenvalue weighted by molar-refractivity contribution is 0.0711. The molecule has 0 saturated carbocycles. The van der Waals surface area contributed by atoms with Crippen molar-refractivity contribution in [2.24, 2.45) is 0 Å². The van der Waals surface area contributed by atoms with Crippen molar-refractivity contribution in [3.05, 3.63) is 46.8 Å². The molecule has 2 aromatic rings. The topological polar surface area (TPSA) is 92.5 Å². The second-order valence-corrected chi connectivity index (χ2v) is 8.36. The quantitative estimate of drug-likeness (QED) is 0.882. The van der Waals surface area contributed by atoms with E-state index in [0.717, 1.165) is 5.56 Å². The molecule has 0 bridgehead atoms. The number of likely N-dealkylation sites (tertiary alicyclic amines) is 1. The zero-order chi connectivity index (χ0) is 18.9. The van der Waals surface area contributed by atoms with Crippen molar-refractivity contribution < 1.29 is 17.7 Å². The molecule has 26 heavy (non-hydrogen) atoms. The molecule has 1 amide bonds. The molecule has 1 aliphatic heterocycles. The molecule has 0 atom stereocenters. The summed E-state index contributed by atoms with van der Waals surface area (Å²) in [5.74, 6) is 0.266. The van der Waals surface area contributed by atoms with Crippen molar-refractivity contribution in [2.45, 2.75) is 44.6 Å². The number of hydrogen-bond acceptors (Lipinski definition) is 5. The van der Waals surface area contributed by atoms with E-state index in [0.29, 0.717) is 37.2 Å². The Kier molecular flexibility index (Phi) is 5.15. The van der Waals surface area contributed by atoms with Gasteiger partial charge in [0.1, 0.15) is 10.6 Å². The van der Waals surface area contributed by atoms with Gasteiger partial charge in [-0.3, -0.25) is 4.79 Å². The highest BCUT2D eigenvalue weighted by atomic mass is 32.2. The molecular formula is C18H23N3O4S. The largest absolute Gasteiger partial charge is 0.360 e. The summed E-state index contributed by atoms with van der Waals surface area (Å²) in [6.45, 7) is 6.17. The number of rotatable bonds is 4. The lowest BCUT2D eigenvalue weighted by Gasteiger charge is -2.32. The minimum absolute atomic E-state index is 0.0132.